The van der Waals surface area contributed by atoms with Gasteiger partial charge in [0.05, 0.1) is 6.61 Å². The molecule has 23 heavy (non-hydrogen) atoms. The number of fused-ring (bicyclic) bond motifs is 1. The average Bonchev–Trinajstić information content (AvgIpc) is 2.99. The molecule has 0 aliphatic carbocycles. The Morgan fingerprint density at radius 1 is 1.30 bits per heavy atom. The summed E-state index contributed by atoms with van der Waals surface area (Å²) in [5.74, 6) is -0.348. The number of hydrogen-bond donors (Lipinski definition) is 0. The van der Waals surface area contributed by atoms with Gasteiger partial charge in [-0.25, -0.2) is 4.79 Å². The fourth-order valence-corrected chi connectivity index (χ4v) is 4.22. The summed E-state index contributed by atoms with van der Waals surface area (Å²) < 4.78 is 5.01. The molecule has 2 fully saturated rings. The molecule has 2 aliphatic heterocycles. The molecule has 1 aromatic carbocycles. The molecular formula is C16H18N2O4S. The minimum atomic E-state index is -0.653. The fourth-order valence-electron chi connectivity index (χ4n) is 2.84. The first-order valence-corrected chi connectivity index (χ1v) is 8.58. The predicted molar refractivity (Wildman–Crippen MR) is 85.4 cm³/mol. The Kier molecular flexibility index (Phi) is 4.56. The van der Waals surface area contributed by atoms with E-state index in [0.717, 1.165) is 5.56 Å². The number of ether oxygens (including phenoxy) is 1. The highest BCUT2D eigenvalue weighted by Gasteiger charge is 2.50. The first-order valence-electron chi connectivity index (χ1n) is 7.54. The maximum atomic E-state index is 12.6. The molecule has 0 spiro atoms. The van der Waals surface area contributed by atoms with Crippen molar-refractivity contribution in [3.63, 3.8) is 0 Å². The molecule has 6 nitrogen and oxygen atoms in total. The summed E-state index contributed by atoms with van der Waals surface area (Å²) in [5.41, 5.74) is 0.979. The lowest BCUT2D eigenvalue weighted by atomic mass is 10.1. The van der Waals surface area contributed by atoms with Gasteiger partial charge in [-0.15, -0.1) is 11.8 Å². The highest BCUT2D eigenvalue weighted by Crippen LogP contribution is 2.34. The van der Waals surface area contributed by atoms with Crippen molar-refractivity contribution < 1.29 is 19.1 Å². The van der Waals surface area contributed by atoms with Gasteiger partial charge >= 0.3 is 5.97 Å². The second kappa shape index (κ2) is 6.62. The molecular weight excluding hydrogens is 316 g/mol. The highest BCUT2D eigenvalue weighted by atomic mass is 32.2. The summed E-state index contributed by atoms with van der Waals surface area (Å²) in [6, 6.07) is 8.91. The maximum Gasteiger partial charge on any atom is 0.329 e. The van der Waals surface area contributed by atoms with Crippen LogP contribution >= 0.6 is 11.8 Å². The largest absolute Gasteiger partial charge is 0.464 e. The van der Waals surface area contributed by atoms with Crippen LogP contribution in [-0.2, 0) is 25.7 Å². The van der Waals surface area contributed by atoms with Gasteiger partial charge in [-0.2, -0.15) is 0 Å². The van der Waals surface area contributed by atoms with E-state index in [2.05, 4.69) is 0 Å². The average molecular weight is 334 g/mol. The predicted octanol–water partition coefficient (Wildman–Crippen LogP) is 0.862. The van der Waals surface area contributed by atoms with Crippen molar-refractivity contribution in [3.8, 4) is 0 Å². The third-order valence-corrected chi connectivity index (χ3v) is 5.17. The Morgan fingerprint density at radius 3 is 2.74 bits per heavy atom. The Bertz CT molecular complexity index is 622. The van der Waals surface area contributed by atoms with Gasteiger partial charge in [0.1, 0.15) is 12.6 Å². The van der Waals surface area contributed by atoms with Crippen LogP contribution in [0.25, 0.3) is 0 Å². The van der Waals surface area contributed by atoms with Crippen molar-refractivity contribution in [3.05, 3.63) is 35.9 Å². The molecule has 0 bridgehead atoms. The lowest BCUT2D eigenvalue weighted by Crippen LogP contribution is -2.59. The molecule has 2 heterocycles. The smallest absolute Gasteiger partial charge is 0.329 e. The molecule has 2 amide bonds. The van der Waals surface area contributed by atoms with Crippen LogP contribution in [0.2, 0.25) is 0 Å². The van der Waals surface area contributed by atoms with Crippen LogP contribution < -0.4 is 0 Å². The number of carbonyl (C=O) groups is 3. The number of piperazine rings is 1. The van der Waals surface area contributed by atoms with Gasteiger partial charge in [-0.05, 0) is 12.5 Å². The number of benzene rings is 1. The molecule has 7 heteroatoms. The van der Waals surface area contributed by atoms with Gasteiger partial charge in [-0.1, -0.05) is 30.3 Å². The van der Waals surface area contributed by atoms with Gasteiger partial charge in [0.15, 0.2) is 5.37 Å². The third kappa shape index (κ3) is 3.06. The zero-order valence-electron chi connectivity index (χ0n) is 12.8. The van der Waals surface area contributed by atoms with Crippen LogP contribution in [-0.4, -0.2) is 57.9 Å². The number of hydrogen-bond acceptors (Lipinski definition) is 5. The lowest BCUT2D eigenvalue weighted by Gasteiger charge is -2.37. The van der Waals surface area contributed by atoms with Crippen molar-refractivity contribution >= 4 is 29.5 Å². The Morgan fingerprint density at radius 2 is 2.04 bits per heavy atom. The van der Waals surface area contributed by atoms with Crippen LogP contribution in [0.1, 0.15) is 12.5 Å². The molecule has 2 saturated heterocycles. The van der Waals surface area contributed by atoms with Crippen molar-refractivity contribution in [2.45, 2.75) is 24.9 Å². The van der Waals surface area contributed by atoms with E-state index in [1.165, 1.54) is 16.7 Å². The number of esters is 1. The van der Waals surface area contributed by atoms with E-state index < -0.39 is 17.4 Å². The molecule has 0 saturated carbocycles. The summed E-state index contributed by atoms with van der Waals surface area (Å²) in [5, 5.41) is -0.616. The van der Waals surface area contributed by atoms with Gasteiger partial charge in [0, 0.05) is 12.3 Å². The van der Waals surface area contributed by atoms with Crippen LogP contribution in [0.15, 0.2) is 30.3 Å². The Balaban J connectivity index is 1.74. The molecule has 3 rings (SSSR count). The molecule has 0 aromatic heterocycles. The van der Waals surface area contributed by atoms with E-state index in [1.807, 2.05) is 30.3 Å². The molecule has 0 radical (unpaired) electrons. The first kappa shape index (κ1) is 15.9. The van der Waals surface area contributed by atoms with Gasteiger partial charge in [-0.3, -0.25) is 9.59 Å². The second-order valence-electron chi connectivity index (χ2n) is 5.43. The maximum absolute atomic E-state index is 12.6. The zero-order chi connectivity index (χ0) is 16.4. The van der Waals surface area contributed by atoms with E-state index in [4.69, 9.17) is 4.74 Å². The monoisotopic (exact) mass is 334 g/mol. The Hall–Kier alpha value is -2.02. The summed E-state index contributed by atoms with van der Waals surface area (Å²) in [7, 11) is 0. The van der Waals surface area contributed by atoms with Crippen LogP contribution in [0.3, 0.4) is 0 Å². The minimum Gasteiger partial charge on any atom is -0.464 e. The quantitative estimate of drug-likeness (QED) is 0.764. The number of amides is 2. The summed E-state index contributed by atoms with van der Waals surface area (Å²) in [4.78, 5) is 40.0. The molecule has 2 atom stereocenters. The molecule has 2 aliphatic rings. The lowest BCUT2D eigenvalue weighted by molar-refractivity contribution is -0.161. The molecule has 2 unspecified atom stereocenters. The topological polar surface area (TPSA) is 66.9 Å². The van der Waals surface area contributed by atoms with Gasteiger partial charge in [0.25, 0.3) is 5.91 Å². The summed E-state index contributed by atoms with van der Waals surface area (Å²) in [6.45, 7) is 2.39. The van der Waals surface area contributed by atoms with E-state index in [1.54, 1.807) is 11.8 Å². The van der Waals surface area contributed by atoms with Gasteiger partial charge < -0.3 is 14.5 Å². The van der Waals surface area contributed by atoms with E-state index in [9.17, 15) is 14.4 Å². The highest BCUT2D eigenvalue weighted by molar-refractivity contribution is 8.00. The van der Waals surface area contributed by atoms with Crippen LogP contribution in [0.5, 0.6) is 0 Å². The normalized spacial score (nSPS) is 23.9. The Labute approximate surface area is 138 Å². The van der Waals surface area contributed by atoms with E-state index in [-0.39, 0.29) is 25.0 Å². The third-order valence-electron chi connectivity index (χ3n) is 3.91. The van der Waals surface area contributed by atoms with E-state index in [0.29, 0.717) is 12.3 Å². The van der Waals surface area contributed by atoms with E-state index >= 15 is 0 Å². The van der Waals surface area contributed by atoms with Crippen molar-refractivity contribution in [1.82, 2.24) is 9.80 Å². The fraction of sp³-hybridized carbons (Fsp3) is 0.438. The molecule has 0 N–H and O–H groups in total. The number of thioether (sulfide) groups is 1. The van der Waals surface area contributed by atoms with Crippen molar-refractivity contribution in [1.29, 1.82) is 0 Å². The number of carbonyl (C=O) groups excluding carboxylic acids is 3. The standard InChI is InChI=1S/C16H18N2O4S/c1-2-22-16(21)12-10-23-15-14(20)17(9-13(19)18(12)15)8-11-6-4-3-5-7-11/h3-7,12,15H,2,8-10H2,1H3. The number of rotatable bonds is 4. The summed E-state index contributed by atoms with van der Waals surface area (Å²) >= 11 is 1.33. The van der Waals surface area contributed by atoms with Crippen LogP contribution in [0.4, 0.5) is 0 Å². The summed E-state index contributed by atoms with van der Waals surface area (Å²) in [6.07, 6.45) is 0. The first-order chi connectivity index (χ1) is 11.1. The SMILES string of the molecule is CCOC(=O)C1CSC2C(=O)N(Cc3ccccc3)CC(=O)N12. The zero-order valence-corrected chi connectivity index (χ0v) is 13.6. The molecule has 122 valence electrons. The number of nitrogens with zero attached hydrogens (tertiary/aromatic N) is 2. The van der Waals surface area contributed by atoms with Crippen LogP contribution in [0, 0.1) is 0 Å². The van der Waals surface area contributed by atoms with Crippen molar-refractivity contribution in [2.24, 2.45) is 0 Å². The van der Waals surface area contributed by atoms with Crippen molar-refractivity contribution in [2.75, 3.05) is 18.9 Å². The van der Waals surface area contributed by atoms with Gasteiger partial charge in [0.2, 0.25) is 5.91 Å². The molecule has 1 aromatic rings. The second-order valence-corrected chi connectivity index (χ2v) is 6.55. The minimum absolute atomic E-state index is 0.000687.